The maximum atomic E-state index is 12.2. The van der Waals surface area contributed by atoms with Crippen molar-refractivity contribution in [2.45, 2.75) is 39.4 Å². The van der Waals surface area contributed by atoms with Crippen molar-refractivity contribution < 1.29 is 9.53 Å². The molecule has 0 amide bonds. The van der Waals surface area contributed by atoms with Gasteiger partial charge in [0.15, 0.2) is 5.78 Å². The van der Waals surface area contributed by atoms with E-state index in [1.807, 2.05) is 43.8 Å². The molecule has 0 aliphatic rings. The van der Waals surface area contributed by atoms with Gasteiger partial charge in [0.2, 0.25) is 0 Å². The molecule has 2 nitrogen and oxygen atoms in total. The number of ketones is 1. The van der Waals surface area contributed by atoms with E-state index >= 15 is 0 Å². The summed E-state index contributed by atoms with van der Waals surface area (Å²) in [5, 5.41) is 0.571. The number of hydrogen-bond donors (Lipinski definition) is 0. The Balaban J connectivity index is 2.73. The van der Waals surface area contributed by atoms with Gasteiger partial charge in [0.25, 0.3) is 0 Å². The summed E-state index contributed by atoms with van der Waals surface area (Å²) >= 11 is 1.82. The van der Waals surface area contributed by atoms with E-state index in [-0.39, 0.29) is 5.78 Å². The Morgan fingerprint density at radius 2 is 2.11 bits per heavy atom. The minimum absolute atomic E-state index is 0.176. The lowest BCUT2D eigenvalue weighted by molar-refractivity contribution is 0.0986. The average molecular weight is 266 g/mol. The molecule has 1 aromatic rings. The highest BCUT2D eigenvalue weighted by atomic mass is 32.2. The van der Waals surface area contributed by atoms with Gasteiger partial charge in [0.05, 0.1) is 12.2 Å². The van der Waals surface area contributed by atoms with E-state index in [0.717, 1.165) is 16.9 Å². The molecule has 1 aromatic carbocycles. The number of benzene rings is 1. The number of thioether (sulfide) groups is 1. The summed E-state index contributed by atoms with van der Waals surface area (Å²) in [5.41, 5.74) is 1.82. The normalized spacial score (nSPS) is 10.7. The highest BCUT2D eigenvalue weighted by molar-refractivity contribution is 7.99. The Morgan fingerprint density at radius 1 is 1.39 bits per heavy atom. The van der Waals surface area contributed by atoms with Crippen LogP contribution in [0.1, 0.15) is 43.1 Å². The molecule has 0 fully saturated rings. The molecule has 0 saturated carbocycles. The molecule has 0 aliphatic heterocycles. The van der Waals surface area contributed by atoms with E-state index in [0.29, 0.717) is 24.0 Å². The van der Waals surface area contributed by atoms with Gasteiger partial charge in [-0.2, -0.15) is 11.8 Å². The molecule has 0 saturated heterocycles. The van der Waals surface area contributed by atoms with Crippen LogP contribution in [-0.4, -0.2) is 23.4 Å². The van der Waals surface area contributed by atoms with Gasteiger partial charge in [-0.3, -0.25) is 4.79 Å². The fourth-order valence-corrected chi connectivity index (χ4v) is 2.44. The van der Waals surface area contributed by atoms with E-state index in [1.54, 1.807) is 0 Å². The van der Waals surface area contributed by atoms with Crippen LogP contribution in [0.5, 0.6) is 5.75 Å². The molecule has 0 spiro atoms. The third-order valence-electron chi connectivity index (χ3n) is 2.52. The molecule has 0 unspecified atom stereocenters. The van der Waals surface area contributed by atoms with Crippen molar-refractivity contribution in [2.24, 2.45) is 0 Å². The lowest BCUT2D eigenvalue weighted by Crippen LogP contribution is -2.06. The van der Waals surface area contributed by atoms with Crippen molar-refractivity contribution in [3.63, 3.8) is 0 Å². The lowest BCUT2D eigenvalue weighted by Gasteiger charge is -2.10. The van der Waals surface area contributed by atoms with Crippen LogP contribution >= 0.6 is 11.8 Å². The summed E-state index contributed by atoms with van der Waals surface area (Å²) in [4.78, 5) is 12.2. The topological polar surface area (TPSA) is 26.3 Å². The number of ether oxygens (including phenoxy) is 1. The van der Waals surface area contributed by atoms with Crippen LogP contribution in [0.2, 0.25) is 0 Å². The summed E-state index contributed by atoms with van der Waals surface area (Å²) in [6, 6.07) is 5.79. The number of carbonyl (C=O) groups is 1. The predicted octanol–water partition coefficient (Wildman–Crippen LogP) is 4.11. The van der Waals surface area contributed by atoms with Crippen LogP contribution in [-0.2, 0) is 0 Å². The minimum atomic E-state index is 0.176. The third kappa shape index (κ3) is 4.73. The minimum Gasteiger partial charge on any atom is -0.493 e. The van der Waals surface area contributed by atoms with E-state index in [2.05, 4.69) is 13.8 Å². The highest BCUT2D eigenvalue weighted by Crippen LogP contribution is 2.23. The molecule has 3 heteroatoms. The van der Waals surface area contributed by atoms with Crippen molar-refractivity contribution in [3.05, 3.63) is 29.3 Å². The summed E-state index contributed by atoms with van der Waals surface area (Å²) in [6.07, 6.45) is 0.576. The zero-order valence-corrected chi connectivity index (χ0v) is 12.5. The summed E-state index contributed by atoms with van der Waals surface area (Å²) in [5.74, 6) is 1.76. The molecule has 18 heavy (non-hydrogen) atoms. The van der Waals surface area contributed by atoms with Crippen molar-refractivity contribution >= 4 is 17.5 Å². The quantitative estimate of drug-likeness (QED) is 0.695. The Labute approximate surface area is 114 Å². The molecular formula is C15H22O2S. The summed E-state index contributed by atoms with van der Waals surface area (Å²) < 4.78 is 5.51. The van der Waals surface area contributed by atoms with Crippen LogP contribution in [0.25, 0.3) is 0 Å². The van der Waals surface area contributed by atoms with Gasteiger partial charge in [-0.05, 0) is 31.2 Å². The average Bonchev–Trinajstić information content (AvgIpc) is 2.31. The molecule has 0 bridgehead atoms. The third-order valence-corrected chi connectivity index (χ3v) is 3.62. The van der Waals surface area contributed by atoms with Gasteiger partial charge in [-0.25, -0.2) is 0 Å². The second kappa shape index (κ2) is 7.47. The van der Waals surface area contributed by atoms with Gasteiger partial charge in [-0.1, -0.05) is 25.5 Å². The summed E-state index contributed by atoms with van der Waals surface area (Å²) in [7, 11) is 0. The van der Waals surface area contributed by atoms with Crippen molar-refractivity contribution in [2.75, 3.05) is 12.4 Å². The monoisotopic (exact) mass is 266 g/mol. The zero-order chi connectivity index (χ0) is 13.5. The van der Waals surface area contributed by atoms with Gasteiger partial charge in [0.1, 0.15) is 5.75 Å². The maximum absolute atomic E-state index is 12.2. The fraction of sp³-hybridized carbons (Fsp3) is 0.533. The number of carbonyl (C=O) groups excluding carboxylic acids is 1. The lowest BCUT2D eigenvalue weighted by atomic mass is 10.1. The number of rotatable bonds is 7. The number of aryl methyl sites for hydroxylation is 1. The Hall–Kier alpha value is -0.960. The largest absolute Gasteiger partial charge is 0.493 e. The smallest absolute Gasteiger partial charge is 0.167 e. The first kappa shape index (κ1) is 15.1. The molecule has 0 N–H and O–H groups in total. The second-order valence-electron chi connectivity index (χ2n) is 4.53. The summed E-state index contributed by atoms with van der Waals surface area (Å²) in [6.45, 7) is 8.81. The van der Waals surface area contributed by atoms with Crippen molar-refractivity contribution in [1.29, 1.82) is 0 Å². The molecule has 0 aliphatic carbocycles. The van der Waals surface area contributed by atoms with Crippen LogP contribution in [0, 0.1) is 6.92 Å². The molecule has 0 heterocycles. The molecule has 1 rings (SSSR count). The van der Waals surface area contributed by atoms with Crippen LogP contribution in [0.15, 0.2) is 18.2 Å². The van der Waals surface area contributed by atoms with Crippen LogP contribution < -0.4 is 4.74 Å². The Bertz CT molecular complexity index is 399. The van der Waals surface area contributed by atoms with Gasteiger partial charge in [-0.15, -0.1) is 0 Å². The first-order valence-corrected chi connectivity index (χ1v) is 7.47. The molecular weight excluding hydrogens is 244 g/mol. The van der Waals surface area contributed by atoms with Gasteiger partial charge in [0, 0.05) is 12.2 Å². The highest BCUT2D eigenvalue weighted by Gasteiger charge is 2.12. The number of Topliss-reactive ketones (excluding diaryl/α,β-unsaturated/α-hetero) is 1. The number of hydrogen-bond acceptors (Lipinski definition) is 3. The molecule has 0 aromatic heterocycles. The van der Waals surface area contributed by atoms with Crippen LogP contribution in [0.4, 0.5) is 0 Å². The second-order valence-corrected chi connectivity index (χ2v) is 6.21. The van der Waals surface area contributed by atoms with Gasteiger partial charge < -0.3 is 4.74 Å². The first-order valence-electron chi connectivity index (χ1n) is 6.42. The molecule has 100 valence electrons. The van der Waals surface area contributed by atoms with Gasteiger partial charge >= 0.3 is 0 Å². The zero-order valence-electron chi connectivity index (χ0n) is 11.7. The fourth-order valence-electron chi connectivity index (χ4n) is 1.67. The van der Waals surface area contributed by atoms with E-state index in [9.17, 15) is 4.79 Å². The van der Waals surface area contributed by atoms with E-state index in [4.69, 9.17) is 4.74 Å². The van der Waals surface area contributed by atoms with E-state index < -0.39 is 0 Å². The van der Waals surface area contributed by atoms with E-state index in [1.165, 1.54) is 0 Å². The standard InChI is InChI=1S/C15H22O2S/c1-5-17-15-7-6-12(4)10-13(15)14(16)8-9-18-11(2)3/h6-7,10-11H,5,8-9H2,1-4H3. The van der Waals surface area contributed by atoms with Crippen molar-refractivity contribution in [1.82, 2.24) is 0 Å². The van der Waals surface area contributed by atoms with Crippen molar-refractivity contribution in [3.8, 4) is 5.75 Å². The van der Waals surface area contributed by atoms with Crippen LogP contribution in [0.3, 0.4) is 0 Å². The predicted molar refractivity (Wildman–Crippen MR) is 78.9 cm³/mol. The first-order chi connectivity index (χ1) is 8.54. The maximum Gasteiger partial charge on any atom is 0.167 e. The molecule has 0 atom stereocenters. The Kier molecular flexibility index (Phi) is 6.27. The molecule has 0 radical (unpaired) electrons. The Morgan fingerprint density at radius 3 is 2.72 bits per heavy atom. The SMILES string of the molecule is CCOc1ccc(C)cc1C(=O)CCSC(C)C.